The Morgan fingerprint density at radius 1 is 1.47 bits per heavy atom. The van der Waals surface area contributed by atoms with E-state index >= 15 is 0 Å². The van der Waals surface area contributed by atoms with Gasteiger partial charge < -0.3 is 9.45 Å². The average molecular weight is 232 g/mol. The molecule has 1 fully saturated rings. The molecule has 0 saturated carbocycles. The summed E-state index contributed by atoms with van der Waals surface area (Å²) in [5.74, 6) is 0.874. The Labute approximate surface area is 95.5 Å². The minimum atomic E-state index is -1.92. The predicted octanol–water partition coefficient (Wildman–Crippen LogP) is 1.77. The van der Waals surface area contributed by atoms with Crippen molar-refractivity contribution in [2.75, 3.05) is 19.6 Å². The van der Waals surface area contributed by atoms with Crippen LogP contribution in [0, 0.1) is 5.92 Å². The molecule has 0 amide bonds. The maximum atomic E-state index is 10.7. The molecular weight excluding hydrogens is 210 g/mol. The zero-order chi connectivity index (χ0) is 11.3. The van der Waals surface area contributed by atoms with Crippen molar-refractivity contribution in [3.05, 3.63) is 0 Å². The maximum absolute atomic E-state index is 10.7. The SMILES string of the molecule is CCCC1CCN(CC(C)S(=O)[O-])CC1. The van der Waals surface area contributed by atoms with Gasteiger partial charge in [-0.25, -0.2) is 0 Å². The molecule has 1 saturated heterocycles. The molecule has 0 radical (unpaired) electrons. The van der Waals surface area contributed by atoms with Gasteiger partial charge in [0.15, 0.2) is 0 Å². The van der Waals surface area contributed by atoms with E-state index in [2.05, 4.69) is 11.8 Å². The Kier molecular flexibility index (Phi) is 5.79. The Morgan fingerprint density at radius 3 is 2.53 bits per heavy atom. The van der Waals surface area contributed by atoms with Crippen molar-refractivity contribution in [2.24, 2.45) is 5.92 Å². The van der Waals surface area contributed by atoms with Gasteiger partial charge in [-0.2, -0.15) is 0 Å². The first-order valence-electron chi connectivity index (χ1n) is 5.94. The van der Waals surface area contributed by atoms with Crippen molar-refractivity contribution < 1.29 is 8.76 Å². The summed E-state index contributed by atoms with van der Waals surface area (Å²) >= 11 is -1.92. The minimum Gasteiger partial charge on any atom is -0.772 e. The summed E-state index contributed by atoms with van der Waals surface area (Å²) < 4.78 is 21.4. The summed E-state index contributed by atoms with van der Waals surface area (Å²) in [6.07, 6.45) is 5.08. The highest BCUT2D eigenvalue weighted by molar-refractivity contribution is 7.79. The summed E-state index contributed by atoms with van der Waals surface area (Å²) in [6, 6.07) is 0. The van der Waals surface area contributed by atoms with E-state index in [4.69, 9.17) is 0 Å². The molecular formula is C11H22NO2S-. The molecule has 0 aliphatic carbocycles. The topological polar surface area (TPSA) is 43.4 Å². The van der Waals surface area contributed by atoms with Crippen LogP contribution in [0.4, 0.5) is 0 Å². The third-order valence-corrected chi connectivity index (χ3v) is 4.05. The van der Waals surface area contributed by atoms with Crippen LogP contribution >= 0.6 is 0 Å². The first-order chi connectivity index (χ1) is 7.13. The predicted molar refractivity (Wildman–Crippen MR) is 62.5 cm³/mol. The van der Waals surface area contributed by atoms with Crippen LogP contribution in [0.1, 0.15) is 39.5 Å². The normalized spacial score (nSPS) is 23.9. The van der Waals surface area contributed by atoms with E-state index in [1.54, 1.807) is 6.92 Å². The Hall–Kier alpha value is 0.0700. The number of piperidine rings is 1. The van der Waals surface area contributed by atoms with E-state index in [9.17, 15) is 8.76 Å². The van der Waals surface area contributed by atoms with Crippen molar-refractivity contribution >= 4 is 11.1 Å². The fourth-order valence-electron chi connectivity index (χ4n) is 2.29. The number of hydrogen-bond donors (Lipinski definition) is 0. The van der Waals surface area contributed by atoms with Crippen LogP contribution in [-0.2, 0) is 11.1 Å². The number of nitrogens with zero attached hydrogens (tertiary/aromatic N) is 1. The molecule has 0 aromatic carbocycles. The lowest BCUT2D eigenvalue weighted by Gasteiger charge is -2.33. The lowest BCUT2D eigenvalue weighted by Crippen LogP contribution is -2.39. The molecule has 2 unspecified atom stereocenters. The molecule has 0 aromatic rings. The first kappa shape index (κ1) is 13.1. The van der Waals surface area contributed by atoms with Gasteiger partial charge in [0.2, 0.25) is 0 Å². The van der Waals surface area contributed by atoms with Crippen molar-refractivity contribution in [2.45, 2.75) is 44.8 Å². The van der Waals surface area contributed by atoms with Crippen LogP contribution < -0.4 is 0 Å². The van der Waals surface area contributed by atoms with Crippen LogP contribution in [0.25, 0.3) is 0 Å². The van der Waals surface area contributed by atoms with Crippen LogP contribution in [0.5, 0.6) is 0 Å². The van der Waals surface area contributed by atoms with Crippen molar-refractivity contribution in [3.63, 3.8) is 0 Å². The van der Waals surface area contributed by atoms with Crippen LogP contribution in [0.3, 0.4) is 0 Å². The number of rotatable bonds is 5. The van der Waals surface area contributed by atoms with Crippen LogP contribution in [-0.4, -0.2) is 38.5 Å². The molecule has 15 heavy (non-hydrogen) atoms. The van der Waals surface area contributed by atoms with Crippen molar-refractivity contribution in [1.82, 2.24) is 4.90 Å². The first-order valence-corrected chi connectivity index (χ1v) is 7.07. The van der Waals surface area contributed by atoms with Gasteiger partial charge >= 0.3 is 0 Å². The third kappa shape index (κ3) is 4.62. The van der Waals surface area contributed by atoms with E-state index in [0.29, 0.717) is 6.54 Å². The Morgan fingerprint density at radius 2 is 2.07 bits per heavy atom. The van der Waals surface area contributed by atoms with E-state index in [-0.39, 0.29) is 5.25 Å². The maximum Gasteiger partial charge on any atom is 0.0314 e. The molecule has 2 atom stereocenters. The number of likely N-dealkylation sites (tertiary alicyclic amines) is 1. The molecule has 1 heterocycles. The Balaban J connectivity index is 2.22. The van der Waals surface area contributed by atoms with E-state index in [1.165, 1.54) is 25.7 Å². The molecule has 0 spiro atoms. The van der Waals surface area contributed by atoms with Gasteiger partial charge in [-0.05, 0) is 31.8 Å². The molecule has 0 N–H and O–H groups in total. The molecule has 4 heteroatoms. The third-order valence-electron chi connectivity index (χ3n) is 3.25. The largest absolute Gasteiger partial charge is 0.772 e. The van der Waals surface area contributed by atoms with Crippen molar-refractivity contribution in [1.29, 1.82) is 0 Å². The fraction of sp³-hybridized carbons (Fsp3) is 1.00. The van der Waals surface area contributed by atoms with Gasteiger partial charge in [0, 0.05) is 11.8 Å². The molecule has 1 rings (SSSR count). The van der Waals surface area contributed by atoms with Crippen LogP contribution in [0.15, 0.2) is 0 Å². The minimum absolute atomic E-state index is 0.229. The smallest absolute Gasteiger partial charge is 0.0314 e. The summed E-state index contributed by atoms with van der Waals surface area (Å²) in [4.78, 5) is 2.28. The second-order valence-corrected chi connectivity index (χ2v) is 5.93. The highest BCUT2D eigenvalue weighted by atomic mass is 32.2. The fourth-order valence-corrected chi connectivity index (χ4v) is 2.62. The van der Waals surface area contributed by atoms with Crippen molar-refractivity contribution in [3.8, 4) is 0 Å². The van der Waals surface area contributed by atoms with Gasteiger partial charge in [-0.15, -0.1) is 0 Å². The molecule has 1 aliphatic heterocycles. The second-order valence-electron chi connectivity index (χ2n) is 4.60. The van der Waals surface area contributed by atoms with Gasteiger partial charge in [0.25, 0.3) is 0 Å². The lowest BCUT2D eigenvalue weighted by molar-refractivity contribution is 0.179. The summed E-state index contributed by atoms with van der Waals surface area (Å²) in [6.45, 7) is 6.86. The summed E-state index contributed by atoms with van der Waals surface area (Å²) in [5, 5.41) is -0.229. The van der Waals surface area contributed by atoms with Gasteiger partial charge in [0.1, 0.15) is 0 Å². The molecule has 0 aromatic heterocycles. The molecule has 1 aliphatic rings. The highest BCUT2D eigenvalue weighted by Gasteiger charge is 2.19. The van der Waals surface area contributed by atoms with E-state index < -0.39 is 11.1 Å². The quantitative estimate of drug-likeness (QED) is 0.678. The lowest BCUT2D eigenvalue weighted by atomic mass is 9.92. The number of hydrogen-bond acceptors (Lipinski definition) is 3. The zero-order valence-electron chi connectivity index (χ0n) is 9.78. The van der Waals surface area contributed by atoms with Gasteiger partial charge in [-0.3, -0.25) is 4.21 Å². The zero-order valence-corrected chi connectivity index (χ0v) is 10.6. The standard InChI is InChI=1S/C11H23NO2S/c1-3-4-11-5-7-12(8-6-11)9-10(2)15(13)14/h10-11H,3-9H2,1-2H3,(H,13,14)/p-1. The van der Waals surface area contributed by atoms with E-state index in [0.717, 1.165) is 19.0 Å². The van der Waals surface area contributed by atoms with Gasteiger partial charge in [0.05, 0.1) is 0 Å². The molecule has 3 nitrogen and oxygen atoms in total. The summed E-state index contributed by atoms with van der Waals surface area (Å²) in [7, 11) is 0. The van der Waals surface area contributed by atoms with Crippen LogP contribution in [0.2, 0.25) is 0 Å². The average Bonchev–Trinajstić information content (AvgIpc) is 2.21. The summed E-state index contributed by atoms with van der Waals surface area (Å²) in [5.41, 5.74) is 0. The highest BCUT2D eigenvalue weighted by Crippen LogP contribution is 2.21. The second kappa shape index (κ2) is 6.61. The monoisotopic (exact) mass is 232 g/mol. The molecule has 90 valence electrons. The van der Waals surface area contributed by atoms with Gasteiger partial charge in [-0.1, -0.05) is 37.8 Å². The Bertz CT molecular complexity index is 203. The van der Waals surface area contributed by atoms with E-state index in [1.807, 2.05) is 0 Å². The molecule has 0 bridgehead atoms.